The Morgan fingerprint density at radius 2 is 1.96 bits per heavy atom. The third kappa shape index (κ3) is 4.01. The number of non-ortho nitro benzene ring substituents is 1. The Kier molecular flexibility index (Phi) is 5.41. The highest BCUT2D eigenvalue weighted by atomic mass is 35.5. The number of hydrogen-bond acceptors (Lipinski definition) is 6. The van der Waals surface area contributed by atoms with Crippen LogP contribution in [0.2, 0.25) is 5.02 Å². The summed E-state index contributed by atoms with van der Waals surface area (Å²) in [6.07, 6.45) is 0. The molecule has 10 nitrogen and oxygen atoms in total. The number of para-hydroxylation sites is 2. The minimum absolute atomic E-state index is 0.0189. The Balaban J connectivity index is 1.65. The predicted octanol–water partition coefficient (Wildman–Crippen LogP) is 1.43. The second kappa shape index (κ2) is 7.92. The lowest BCUT2D eigenvalue weighted by molar-refractivity contribution is -0.384. The zero-order chi connectivity index (χ0) is 20.3. The summed E-state index contributed by atoms with van der Waals surface area (Å²) in [6, 6.07) is 10.1. The van der Waals surface area contributed by atoms with Crippen molar-refractivity contribution >= 4 is 40.7 Å². The van der Waals surface area contributed by atoms with E-state index in [1.807, 2.05) is 0 Å². The highest BCUT2D eigenvalue weighted by Gasteiger charge is 2.27. The van der Waals surface area contributed by atoms with Crippen LogP contribution in [0, 0.1) is 10.1 Å². The normalized spacial score (nSPS) is 12.6. The Hall–Kier alpha value is -3.66. The number of hydrazine groups is 1. The van der Waals surface area contributed by atoms with Crippen molar-refractivity contribution in [2.75, 3.05) is 18.1 Å². The Morgan fingerprint density at radius 3 is 2.71 bits per heavy atom. The lowest BCUT2D eigenvalue weighted by Crippen LogP contribution is -2.49. The van der Waals surface area contributed by atoms with E-state index in [1.165, 1.54) is 11.0 Å². The molecule has 1 heterocycles. The van der Waals surface area contributed by atoms with E-state index >= 15 is 0 Å². The van der Waals surface area contributed by atoms with Gasteiger partial charge in [-0.1, -0.05) is 23.7 Å². The minimum Gasteiger partial charge on any atom is -0.482 e. The maximum Gasteiger partial charge on any atom is 0.271 e. The molecule has 2 N–H and O–H groups in total. The first-order valence-corrected chi connectivity index (χ1v) is 8.30. The topological polar surface area (TPSA) is 131 Å². The summed E-state index contributed by atoms with van der Waals surface area (Å²) in [6.45, 7) is -0.567. The third-order valence-electron chi connectivity index (χ3n) is 3.83. The summed E-state index contributed by atoms with van der Waals surface area (Å²) < 4.78 is 5.28. The zero-order valence-corrected chi connectivity index (χ0v) is 14.9. The van der Waals surface area contributed by atoms with E-state index in [0.717, 1.165) is 12.1 Å². The van der Waals surface area contributed by atoms with E-state index in [-0.39, 0.29) is 29.4 Å². The van der Waals surface area contributed by atoms with Crippen LogP contribution in [0.4, 0.5) is 11.4 Å². The lowest BCUT2D eigenvalue weighted by atomic mass is 10.2. The van der Waals surface area contributed by atoms with Gasteiger partial charge in [0.15, 0.2) is 6.61 Å². The number of nitro benzene ring substituents is 1. The first kappa shape index (κ1) is 19.1. The Labute approximate surface area is 163 Å². The average Bonchev–Trinajstić information content (AvgIpc) is 2.68. The van der Waals surface area contributed by atoms with Crippen LogP contribution in [0.1, 0.15) is 10.4 Å². The van der Waals surface area contributed by atoms with E-state index in [9.17, 15) is 24.5 Å². The molecule has 1 aliphatic heterocycles. The minimum atomic E-state index is -0.837. The summed E-state index contributed by atoms with van der Waals surface area (Å²) in [5.74, 6) is -1.47. The number of carbonyl (C=O) groups excluding carboxylic acids is 3. The molecule has 0 saturated heterocycles. The summed E-state index contributed by atoms with van der Waals surface area (Å²) in [5, 5.41) is 10.8. The number of nitro groups is 1. The van der Waals surface area contributed by atoms with Gasteiger partial charge in [0.05, 0.1) is 21.2 Å². The highest BCUT2D eigenvalue weighted by molar-refractivity contribution is 6.34. The standard InChI is InChI=1S/C17H13ClN4O6/c18-12-6-5-10(22(26)27)7-11(12)17(25)20-19-15(23)8-21-13-3-1-2-4-14(13)28-9-16(21)24/h1-7H,8-9H2,(H,19,23)(H,20,25). The SMILES string of the molecule is O=C(CN1C(=O)COc2ccccc21)NNC(=O)c1cc([N+](=O)[O-])ccc1Cl. The monoisotopic (exact) mass is 404 g/mol. The summed E-state index contributed by atoms with van der Waals surface area (Å²) in [4.78, 5) is 47.7. The summed E-state index contributed by atoms with van der Waals surface area (Å²) in [5.41, 5.74) is 4.21. The van der Waals surface area contributed by atoms with E-state index in [2.05, 4.69) is 10.9 Å². The average molecular weight is 405 g/mol. The molecule has 28 heavy (non-hydrogen) atoms. The fourth-order valence-electron chi connectivity index (χ4n) is 2.51. The van der Waals surface area contributed by atoms with Crippen LogP contribution in [0.15, 0.2) is 42.5 Å². The number of amides is 3. The lowest BCUT2D eigenvalue weighted by Gasteiger charge is -2.28. The molecule has 1 aliphatic rings. The van der Waals surface area contributed by atoms with Gasteiger partial charge in [-0.2, -0.15) is 0 Å². The molecule has 0 aliphatic carbocycles. The van der Waals surface area contributed by atoms with Gasteiger partial charge in [-0.3, -0.25) is 40.2 Å². The molecule has 3 amide bonds. The molecule has 11 heteroatoms. The van der Waals surface area contributed by atoms with Gasteiger partial charge in [-0.25, -0.2) is 0 Å². The number of fused-ring (bicyclic) bond motifs is 1. The molecule has 2 aromatic carbocycles. The van der Waals surface area contributed by atoms with E-state index in [0.29, 0.717) is 11.4 Å². The van der Waals surface area contributed by atoms with Crippen LogP contribution < -0.4 is 20.5 Å². The molecular formula is C17H13ClN4O6. The number of benzene rings is 2. The van der Waals surface area contributed by atoms with E-state index in [1.54, 1.807) is 24.3 Å². The predicted molar refractivity (Wildman–Crippen MR) is 98.0 cm³/mol. The molecule has 0 unspecified atom stereocenters. The fourth-order valence-corrected chi connectivity index (χ4v) is 2.71. The van der Waals surface area contributed by atoms with E-state index in [4.69, 9.17) is 16.3 Å². The molecule has 144 valence electrons. The molecule has 0 spiro atoms. The number of nitrogens with one attached hydrogen (secondary N) is 2. The first-order chi connectivity index (χ1) is 13.4. The highest BCUT2D eigenvalue weighted by Crippen LogP contribution is 2.31. The molecule has 0 radical (unpaired) electrons. The summed E-state index contributed by atoms with van der Waals surface area (Å²) in [7, 11) is 0. The molecule has 0 atom stereocenters. The van der Waals surface area contributed by atoms with Crippen molar-refractivity contribution in [1.82, 2.24) is 10.9 Å². The molecule has 3 rings (SSSR count). The van der Waals surface area contributed by atoms with Gasteiger partial charge in [0.1, 0.15) is 12.3 Å². The van der Waals surface area contributed by atoms with Crippen molar-refractivity contribution < 1.29 is 24.0 Å². The second-order valence-corrected chi connectivity index (χ2v) is 6.07. The van der Waals surface area contributed by atoms with Gasteiger partial charge >= 0.3 is 0 Å². The van der Waals surface area contributed by atoms with Crippen molar-refractivity contribution in [3.8, 4) is 5.75 Å². The van der Waals surface area contributed by atoms with Crippen molar-refractivity contribution in [3.05, 3.63) is 63.2 Å². The molecule has 0 saturated carbocycles. The van der Waals surface area contributed by atoms with Gasteiger partial charge in [0.2, 0.25) is 0 Å². The van der Waals surface area contributed by atoms with Crippen LogP contribution in [0.5, 0.6) is 5.75 Å². The molecular weight excluding hydrogens is 392 g/mol. The number of hydrogen-bond donors (Lipinski definition) is 2. The molecule has 2 aromatic rings. The third-order valence-corrected chi connectivity index (χ3v) is 4.16. The van der Waals surface area contributed by atoms with Crippen LogP contribution >= 0.6 is 11.6 Å². The number of halogens is 1. The largest absolute Gasteiger partial charge is 0.482 e. The maximum absolute atomic E-state index is 12.2. The smallest absolute Gasteiger partial charge is 0.271 e. The molecule has 0 aromatic heterocycles. The fraction of sp³-hybridized carbons (Fsp3) is 0.118. The Bertz CT molecular complexity index is 980. The number of anilines is 1. The quantitative estimate of drug-likeness (QED) is 0.585. The number of nitrogens with zero attached hydrogens (tertiary/aromatic N) is 2. The van der Waals surface area contributed by atoms with Gasteiger partial charge in [0, 0.05) is 12.1 Å². The van der Waals surface area contributed by atoms with Crippen molar-refractivity contribution in [3.63, 3.8) is 0 Å². The maximum atomic E-state index is 12.2. The first-order valence-electron chi connectivity index (χ1n) is 7.92. The van der Waals surface area contributed by atoms with Gasteiger partial charge in [-0.05, 0) is 18.2 Å². The van der Waals surface area contributed by atoms with Crippen LogP contribution in [-0.4, -0.2) is 35.8 Å². The van der Waals surface area contributed by atoms with Crippen molar-refractivity contribution in [2.45, 2.75) is 0 Å². The van der Waals surface area contributed by atoms with Crippen LogP contribution in [-0.2, 0) is 9.59 Å². The van der Waals surface area contributed by atoms with Gasteiger partial charge in [-0.15, -0.1) is 0 Å². The van der Waals surface area contributed by atoms with Crippen molar-refractivity contribution in [2.24, 2.45) is 0 Å². The van der Waals surface area contributed by atoms with Crippen LogP contribution in [0.3, 0.4) is 0 Å². The zero-order valence-electron chi connectivity index (χ0n) is 14.2. The number of rotatable bonds is 4. The van der Waals surface area contributed by atoms with Gasteiger partial charge in [0.25, 0.3) is 23.4 Å². The number of carbonyl (C=O) groups is 3. The second-order valence-electron chi connectivity index (χ2n) is 5.66. The van der Waals surface area contributed by atoms with Gasteiger partial charge < -0.3 is 4.74 Å². The van der Waals surface area contributed by atoms with E-state index < -0.39 is 22.6 Å². The Morgan fingerprint density at radius 1 is 1.21 bits per heavy atom. The van der Waals surface area contributed by atoms with Crippen LogP contribution in [0.25, 0.3) is 0 Å². The van der Waals surface area contributed by atoms with Crippen molar-refractivity contribution in [1.29, 1.82) is 0 Å². The molecule has 0 fully saturated rings. The number of ether oxygens (including phenoxy) is 1. The summed E-state index contributed by atoms with van der Waals surface area (Å²) >= 11 is 5.88. The molecule has 0 bridgehead atoms.